The minimum Gasteiger partial charge on any atom is -0.394 e. The van der Waals surface area contributed by atoms with Crippen LogP contribution in [0.1, 0.15) is 0 Å². The van der Waals surface area contributed by atoms with Crippen molar-refractivity contribution in [3.05, 3.63) is 0 Å². The molecule has 0 unspecified atom stereocenters. The molecule has 2 rings (SSSR count). The van der Waals surface area contributed by atoms with Crippen LogP contribution >= 0.6 is 0 Å². The van der Waals surface area contributed by atoms with Crippen LogP contribution in [0.15, 0.2) is 0 Å². The Morgan fingerprint density at radius 1 is 0.826 bits per heavy atom. The molecular weight excluding hydrogens is 320 g/mol. The molecule has 136 valence electrons. The van der Waals surface area contributed by atoms with E-state index in [-0.39, 0.29) is 0 Å². The summed E-state index contributed by atoms with van der Waals surface area (Å²) in [5.41, 5.74) is 0. The second kappa shape index (κ2) is 7.63. The standard InChI is InChI=1S/C12H22O11/c13-1-3(14)10-7(17)9(19)12(23-10)21-2-4-5(15)6(16)8(18)11(20)22-4/h3-20H,1-2H2/t3-,4-,5+,6+,7-,8-,9-,10+,11-,12-/m1/s1. The minimum atomic E-state index is -1.73. The van der Waals surface area contributed by atoms with E-state index in [2.05, 4.69) is 0 Å². The van der Waals surface area contributed by atoms with E-state index < -0.39 is 74.6 Å². The SMILES string of the molecule is OC[C@@H](O)[C@@H]1O[C@@H](OC[C@H]2O[C@@H](O)[C@H](O)[C@@H](O)[C@H]2O)[C@H](O)[C@H]1O. The Bertz CT molecular complexity index is 382. The van der Waals surface area contributed by atoms with Gasteiger partial charge in [0.25, 0.3) is 0 Å². The van der Waals surface area contributed by atoms with Crippen molar-refractivity contribution >= 4 is 0 Å². The normalized spacial score (nSPS) is 49.3. The molecule has 0 spiro atoms. The molecular formula is C12H22O11. The van der Waals surface area contributed by atoms with Crippen molar-refractivity contribution in [3.8, 4) is 0 Å². The quantitative estimate of drug-likeness (QED) is 0.238. The maximum absolute atomic E-state index is 9.78. The van der Waals surface area contributed by atoms with Gasteiger partial charge in [0.1, 0.15) is 48.8 Å². The van der Waals surface area contributed by atoms with Crippen LogP contribution in [-0.4, -0.2) is 115 Å². The van der Waals surface area contributed by atoms with Crippen LogP contribution < -0.4 is 0 Å². The number of ether oxygens (including phenoxy) is 3. The van der Waals surface area contributed by atoms with Crippen LogP contribution in [0.3, 0.4) is 0 Å². The Labute approximate surface area is 130 Å². The average molecular weight is 342 g/mol. The van der Waals surface area contributed by atoms with Gasteiger partial charge in [-0.15, -0.1) is 0 Å². The van der Waals surface area contributed by atoms with E-state index in [1.807, 2.05) is 0 Å². The van der Waals surface area contributed by atoms with Crippen molar-refractivity contribution in [3.63, 3.8) is 0 Å². The van der Waals surface area contributed by atoms with Gasteiger partial charge in [0, 0.05) is 0 Å². The Hall–Kier alpha value is -0.440. The van der Waals surface area contributed by atoms with E-state index in [1.54, 1.807) is 0 Å². The van der Waals surface area contributed by atoms with Crippen LogP contribution in [0.2, 0.25) is 0 Å². The molecule has 0 radical (unpaired) electrons. The number of aliphatic hydroxyl groups excluding tert-OH is 8. The number of hydrogen-bond donors (Lipinski definition) is 8. The summed E-state index contributed by atoms with van der Waals surface area (Å²) < 4.78 is 15.1. The van der Waals surface area contributed by atoms with Gasteiger partial charge in [-0.25, -0.2) is 0 Å². The number of hydrogen-bond acceptors (Lipinski definition) is 11. The molecule has 0 aromatic rings. The van der Waals surface area contributed by atoms with Crippen molar-refractivity contribution in [2.45, 2.75) is 61.4 Å². The second-order valence-corrected chi connectivity index (χ2v) is 5.57. The first-order chi connectivity index (χ1) is 10.8. The van der Waals surface area contributed by atoms with E-state index in [1.165, 1.54) is 0 Å². The molecule has 2 aliphatic rings. The monoisotopic (exact) mass is 342 g/mol. The third kappa shape index (κ3) is 3.81. The lowest BCUT2D eigenvalue weighted by Crippen LogP contribution is -2.58. The summed E-state index contributed by atoms with van der Waals surface area (Å²) in [7, 11) is 0. The molecule has 0 bridgehead atoms. The molecule has 2 aliphatic heterocycles. The van der Waals surface area contributed by atoms with E-state index in [4.69, 9.17) is 19.3 Å². The van der Waals surface area contributed by atoms with Gasteiger partial charge in [-0.05, 0) is 0 Å². The second-order valence-electron chi connectivity index (χ2n) is 5.57. The molecule has 10 atom stereocenters. The molecule has 0 amide bonds. The van der Waals surface area contributed by atoms with Crippen molar-refractivity contribution in [2.24, 2.45) is 0 Å². The Morgan fingerprint density at radius 3 is 2.09 bits per heavy atom. The van der Waals surface area contributed by atoms with Crippen molar-refractivity contribution in [1.82, 2.24) is 0 Å². The van der Waals surface area contributed by atoms with Crippen LogP contribution in [0.4, 0.5) is 0 Å². The van der Waals surface area contributed by atoms with Gasteiger partial charge in [-0.2, -0.15) is 0 Å². The lowest BCUT2D eigenvalue weighted by Gasteiger charge is -2.38. The summed E-state index contributed by atoms with van der Waals surface area (Å²) in [4.78, 5) is 0. The van der Waals surface area contributed by atoms with Gasteiger partial charge in [0.15, 0.2) is 12.6 Å². The Kier molecular flexibility index (Phi) is 6.27. The van der Waals surface area contributed by atoms with Gasteiger partial charge in [0.2, 0.25) is 0 Å². The number of aliphatic hydroxyl groups is 8. The summed E-state index contributed by atoms with van der Waals surface area (Å²) in [6.07, 6.45) is -15.0. The van der Waals surface area contributed by atoms with E-state index in [0.717, 1.165) is 0 Å². The maximum atomic E-state index is 9.78. The molecule has 23 heavy (non-hydrogen) atoms. The van der Waals surface area contributed by atoms with E-state index in [9.17, 15) is 35.7 Å². The highest BCUT2D eigenvalue weighted by Crippen LogP contribution is 2.26. The molecule has 0 saturated carbocycles. The predicted molar refractivity (Wildman–Crippen MR) is 68.6 cm³/mol. The lowest BCUT2D eigenvalue weighted by atomic mass is 9.99. The Morgan fingerprint density at radius 2 is 1.48 bits per heavy atom. The van der Waals surface area contributed by atoms with Gasteiger partial charge in [-0.1, -0.05) is 0 Å². The number of rotatable bonds is 5. The summed E-state index contributed by atoms with van der Waals surface area (Å²) in [6, 6.07) is 0. The molecule has 2 saturated heterocycles. The maximum Gasteiger partial charge on any atom is 0.186 e. The van der Waals surface area contributed by atoms with Gasteiger partial charge < -0.3 is 55.1 Å². The van der Waals surface area contributed by atoms with E-state index >= 15 is 0 Å². The van der Waals surface area contributed by atoms with Crippen LogP contribution in [0.25, 0.3) is 0 Å². The lowest BCUT2D eigenvalue weighted by molar-refractivity contribution is -0.298. The molecule has 11 nitrogen and oxygen atoms in total. The topological polar surface area (TPSA) is 190 Å². The zero-order valence-electron chi connectivity index (χ0n) is 12.0. The highest BCUT2D eigenvalue weighted by molar-refractivity contribution is 4.92. The van der Waals surface area contributed by atoms with Crippen LogP contribution in [-0.2, 0) is 14.2 Å². The first-order valence-electron chi connectivity index (χ1n) is 7.07. The third-order valence-electron chi connectivity index (χ3n) is 3.93. The third-order valence-corrected chi connectivity index (χ3v) is 3.93. The summed E-state index contributed by atoms with van der Waals surface area (Å²) >= 11 is 0. The summed E-state index contributed by atoms with van der Waals surface area (Å²) in [5.74, 6) is 0. The molecule has 8 N–H and O–H groups in total. The minimum absolute atomic E-state index is 0.446. The fourth-order valence-electron chi connectivity index (χ4n) is 2.49. The summed E-state index contributed by atoms with van der Waals surface area (Å²) in [5, 5.41) is 75.8. The van der Waals surface area contributed by atoms with Crippen LogP contribution in [0, 0.1) is 0 Å². The zero-order chi connectivity index (χ0) is 17.3. The highest BCUT2D eigenvalue weighted by Gasteiger charge is 2.48. The van der Waals surface area contributed by atoms with Gasteiger partial charge in [0.05, 0.1) is 13.2 Å². The van der Waals surface area contributed by atoms with E-state index in [0.29, 0.717) is 0 Å². The van der Waals surface area contributed by atoms with Crippen molar-refractivity contribution in [2.75, 3.05) is 13.2 Å². The zero-order valence-corrected chi connectivity index (χ0v) is 12.0. The average Bonchev–Trinajstić information content (AvgIpc) is 2.82. The first-order valence-corrected chi connectivity index (χ1v) is 7.07. The molecule has 2 fully saturated rings. The van der Waals surface area contributed by atoms with Gasteiger partial charge >= 0.3 is 0 Å². The molecule has 0 aromatic carbocycles. The van der Waals surface area contributed by atoms with Crippen molar-refractivity contribution < 1.29 is 55.1 Å². The smallest absolute Gasteiger partial charge is 0.186 e. The predicted octanol–water partition coefficient (Wildman–Crippen LogP) is -5.40. The molecule has 11 heteroatoms. The fraction of sp³-hybridized carbons (Fsp3) is 1.00. The molecule has 2 heterocycles. The summed E-state index contributed by atoms with van der Waals surface area (Å²) in [6.45, 7) is -1.14. The Balaban J connectivity index is 1.90. The first kappa shape index (κ1) is 18.9. The molecule has 0 aromatic heterocycles. The fourth-order valence-corrected chi connectivity index (χ4v) is 2.49. The van der Waals surface area contributed by atoms with Crippen molar-refractivity contribution in [1.29, 1.82) is 0 Å². The van der Waals surface area contributed by atoms with Gasteiger partial charge in [-0.3, -0.25) is 0 Å². The highest BCUT2D eigenvalue weighted by atomic mass is 16.7. The largest absolute Gasteiger partial charge is 0.394 e. The molecule has 0 aliphatic carbocycles. The van der Waals surface area contributed by atoms with Crippen LogP contribution in [0.5, 0.6) is 0 Å².